The third kappa shape index (κ3) is 7.44. The number of hydrogen-bond acceptors (Lipinski definition) is 7. The molecule has 3 aromatic carbocycles. The van der Waals surface area contributed by atoms with Gasteiger partial charge in [-0.15, -0.1) is 0 Å². The molecule has 0 aromatic heterocycles. The first-order valence-corrected chi connectivity index (χ1v) is 10.6. The quantitative estimate of drug-likeness (QED) is 0.156. The number of phenols is 1. The van der Waals surface area contributed by atoms with E-state index in [-0.39, 0.29) is 11.5 Å². The number of Topliss-reactive ketones (excluding diaryl/α,β-unsaturated/α-hetero) is 1. The van der Waals surface area contributed by atoms with Crippen LogP contribution in [0.1, 0.15) is 28.9 Å². The van der Waals surface area contributed by atoms with Gasteiger partial charge in [-0.1, -0.05) is 30.3 Å². The van der Waals surface area contributed by atoms with Crippen LogP contribution in [0.25, 0.3) is 0 Å². The number of carbonyl (C=O) groups excluding carboxylic acids is 3. The Morgan fingerprint density at radius 1 is 0.914 bits per heavy atom. The van der Waals surface area contributed by atoms with Crippen LogP contribution in [0.5, 0.6) is 11.5 Å². The lowest BCUT2D eigenvalue weighted by Crippen LogP contribution is -2.30. The van der Waals surface area contributed by atoms with Crippen molar-refractivity contribution in [2.24, 2.45) is 0 Å². The second-order valence-electron chi connectivity index (χ2n) is 7.41. The van der Waals surface area contributed by atoms with Crippen LogP contribution < -0.4 is 15.5 Å². The fourth-order valence-corrected chi connectivity index (χ4v) is 3.12. The van der Waals surface area contributed by atoms with E-state index in [9.17, 15) is 19.5 Å². The molecule has 2 atom stereocenters. The number of para-hydroxylation sites is 1. The zero-order chi connectivity index (χ0) is 25.2. The Morgan fingerprint density at radius 3 is 2.17 bits per heavy atom. The van der Waals surface area contributed by atoms with Crippen molar-refractivity contribution in [1.82, 2.24) is 5.48 Å². The molecule has 0 saturated heterocycles. The molecule has 0 saturated carbocycles. The maximum atomic E-state index is 12.8. The van der Waals surface area contributed by atoms with Gasteiger partial charge in [0.1, 0.15) is 11.5 Å². The van der Waals surface area contributed by atoms with Crippen molar-refractivity contribution in [3.8, 4) is 11.5 Å². The van der Waals surface area contributed by atoms with E-state index in [4.69, 9.17) is 14.7 Å². The summed E-state index contributed by atoms with van der Waals surface area (Å²) in [5.74, 6) is -0.449. The van der Waals surface area contributed by atoms with Crippen LogP contribution in [0.2, 0.25) is 0 Å². The van der Waals surface area contributed by atoms with Crippen molar-refractivity contribution in [3.63, 3.8) is 0 Å². The normalized spacial score (nSPS) is 12.4. The first kappa shape index (κ1) is 25.0. The Morgan fingerprint density at radius 2 is 1.57 bits per heavy atom. The molecule has 180 valence electrons. The minimum Gasteiger partial charge on any atom is -0.508 e. The van der Waals surface area contributed by atoms with Crippen LogP contribution in [0.15, 0.2) is 91.0 Å². The van der Waals surface area contributed by atoms with Gasteiger partial charge in [0.15, 0.2) is 18.0 Å². The Kier molecular flexibility index (Phi) is 8.58. The summed E-state index contributed by atoms with van der Waals surface area (Å²) in [6.07, 6.45) is -0.492. The van der Waals surface area contributed by atoms with Gasteiger partial charge in [-0.2, -0.15) is 0 Å². The summed E-state index contributed by atoms with van der Waals surface area (Å²) < 4.78 is 11.7. The van der Waals surface area contributed by atoms with E-state index >= 15 is 0 Å². The van der Waals surface area contributed by atoms with Crippen molar-refractivity contribution >= 4 is 23.5 Å². The first-order chi connectivity index (χ1) is 16.9. The monoisotopic (exact) mass is 476 g/mol. The second kappa shape index (κ2) is 12.0. The lowest BCUT2D eigenvalue weighted by molar-refractivity contribution is -0.124. The minimum absolute atomic E-state index is 0.0123. The standard InChI is InChI=1S/C26H24N2O7/c1-17(29)18-7-11-20(12-8-18)27-26(32)35-25(19-9-13-21(30)14-10-19)23(15-16-24(31)28-33)34-22-5-3-2-4-6-22/h2-16,23,25,30,33H,1H3,(H,27,32)(H,28,31)/b16-15+/t23-,25-/m0/s1. The maximum absolute atomic E-state index is 12.8. The number of rotatable bonds is 9. The molecule has 0 aliphatic rings. The van der Waals surface area contributed by atoms with Crippen LogP contribution in [0.4, 0.5) is 10.5 Å². The number of benzene rings is 3. The number of aromatic hydroxyl groups is 1. The van der Waals surface area contributed by atoms with Crippen molar-refractivity contribution in [1.29, 1.82) is 0 Å². The number of anilines is 1. The number of ketones is 1. The van der Waals surface area contributed by atoms with Gasteiger partial charge in [-0.05, 0) is 67.1 Å². The van der Waals surface area contributed by atoms with Crippen LogP contribution in [-0.4, -0.2) is 34.2 Å². The van der Waals surface area contributed by atoms with E-state index < -0.39 is 24.2 Å². The highest BCUT2D eigenvalue weighted by Gasteiger charge is 2.28. The number of ether oxygens (including phenoxy) is 2. The first-order valence-electron chi connectivity index (χ1n) is 10.6. The molecule has 0 bridgehead atoms. The molecule has 35 heavy (non-hydrogen) atoms. The third-order valence-corrected chi connectivity index (χ3v) is 4.85. The van der Waals surface area contributed by atoms with Crippen molar-refractivity contribution in [2.75, 3.05) is 5.32 Å². The highest BCUT2D eigenvalue weighted by atomic mass is 16.6. The molecule has 0 fully saturated rings. The predicted octanol–water partition coefficient (Wildman–Crippen LogP) is 4.39. The van der Waals surface area contributed by atoms with E-state index in [1.165, 1.54) is 30.6 Å². The smallest absolute Gasteiger partial charge is 0.412 e. The largest absolute Gasteiger partial charge is 0.508 e. The highest BCUT2D eigenvalue weighted by Crippen LogP contribution is 2.28. The van der Waals surface area contributed by atoms with E-state index in [1.54, 1.807) is 66.7 Å². The molecule has 0 radical (unpaired) electrons. The number of amides is 2. The average Bonchev–Trinajstić information content (AvgIpc) is 2.86. The van der Waals surface area contributed by atoms with Gasteiger partial charge in [-0.25, -0.2) is 10.3 Å². The number of hydroxylamine groups is 1. The van der Waals surface area contributed by atoms with Crippen molar-refractivity contribution in [2.45, 2.75) is 19.1 Å². The highest BCUT2D eigenvalue weighted by molar-refractivity contribution is 5.95. The SMILES string of the molecule is CC(=O)c1ccc(NC(=O)O[C@@H](c2ccc(O)cc2)[C@H](/C=C/C(=O)NO)Oc2ccccc2)cc1. The van der Waals surface area contributed by atoms with Gasteiger partial charge in [0.25, 0.3) is 5.91 Å². The Labute approximate surface area is 201 Å². The van der Waals surface area contributed by atoms with Gasteiger partial charge in [0.05, 0.1) is 0 Å². The second-order valence-corrected chi connectivity index (χ2v) is 7.41. The zero-order valence-electron chi connectivity index (χ0n) is 18.8. The summed E-state index contributed by atoms with van der Waals surface area (Å²) in [6, 6.07) is 20.9. The Balaban J connectivity index is 1.89. The summed E-state index contributed by atoms with van der Waals surface area (Å²) in [5, 5.41) is 21.1. The van der Waals surface area contributed by atoms with Crippen molar-refractivity contribution < 1.29 is 34.2 Å². The number of phenolic OH excluding ortho intramolecular Hbond substituents is 1. The van der Waals surface area contributed by atoms with Gasteiger partial charge < -0.3 is 14.6 Å². The fourth-order valence-electron chi connectivity index (χ4n) is 3.12. The fraction of sp³-hybridized carbons (Fsp3) is 0.115. The lowest BCUT2D eigenvalue weighted by Gasteiger charge is -2.26. The van der Waals surface area contributed by atoms with Crippen LogP contribution in [0.3, 0.4) is 0 Å². The number of carbonyl (C=O) groups is 3. The summed E-state index contributed by atoms with van der Waals surface area (Å²) in [6.45, 7) is 1.44. The van der Waals surface area contributed by atoms with Gasteiger partial charge in [0, 0.05) is 17.3 Å². The summed E-state index contributed by atoms with van der Waals surface area (Å²) in [7, 11) is 0. The summed E-state index contributed by atoms with van der Waals surface area (Å²) in [4.78, 5) is 35.9. The van der Waals surface area contributed by atoms with Crippen molar-refractivity contribution in [3.05, 3.63) is 102 Å². The molecule has 4 N–H and O–H groups in total. The lowest BCUT2D eigenvalue weighted by atomic mass is 10.0. The van der Waals surface area contributed by atoms with Crippen LogP contribution in [-0.2, 0) is 9.53 Å². The zero-order valence-corrected chi connectivity index (χ0v) is 18.8. The van der Waals surface area contributed by atoms with Crippen LogP contribution in [0, 0.1) is 0 Å². The molecule has 0 unspecified atom stereocenters. The molecule has 9 heteroatoms. The molecule has 0 spiro atoms. The maximum Gasteiger partial charge on any atom is 0.412 e. The molecular weight excluding hydrogens is 452 g/mol. The molecule has 2 amide bonds. The van der Waals surface area contributed by atoms with Gasteiger partial charge in [-0.3, -0.25) is 20.1 Å². The molecule has 3 rings (SSSR count). The van der Waals surface area contributed by atoms with Gasteiger partial charge >= 0.3 is 6.09 Å². The van der Waals surface area contributed by atoms with Gasteiger partial charge in [0.2, 0.25) is 0 Å². The van der Waals surface area contributed by atoms with E-state index in [0.717, 1.165) is 6.08 Å². The molecule has 0 aliphatic heterocycles. The molecule has 3 aromatic rings. The Hall–Kier alpha value is -4.63. The summed E-state index contributed by atoms with van der Waals surface area (Å²) >= 11 is 0. The average molecular weight is 476 g/mol. The third-order valence-electron chi connectivity index (χ3n) is 4.85. The topological polar surface area (TPSA) is 134 Å². The Bertz CT molecular complexity index is 1180. The minimum atomic E-state index is -1.06. The van der Waals surface area contributed by atoms with E-state index in [1.807, 2.05) is 0 Å². The molecule has 0 aliphatic carbocycles. The molecular formula is C26H24N2O7. The van der Waals surface area contributed by atoms with Crippen LogP contribution >= 0.6 is 0 Å². The van der Waals surface area contributed by atoms with E-state index in [0.29, 0.717) is 22.6 Å². The molecule has 0 heterocycles. The summed E-state index contributed by atoms with van der Waals surface area (Å²) in [5.41, 5.74) is 2.87. The van der Waals surface area contributed by atoms with E-state index in [2.05, 4.69) is 5.32 Å². The predicted molar refractivity (Wildman–Crippen MR) is 127 cm³/mol. The number of hydrogen-bond donors (Lipinski definition) is 4. The number of nitrogens with one attached hydrogen (secondary N) is 2. The molecule has 9 nitrogen and oxygen atoms in total.